The molecule has 72 valence electrons. The molecule has 0 aliphatic rings. The predicted molar refractivity (Wildman–Crippen MR) is 54.6 cm³/mol. The Morgan fingerprint density at radius 3 is 2.93 bits per heavy atom. The Bertz CT molecular complexity index is 400. The normalized spacial score (nSPS) is 10.0. The van der Waals surface area contributed by atoms with E-state index >= 15 is 0 Å². The Kier molecular flexibility index (Phi) is 2.65. The zero-order valence-corrected chi connectivity index (χ0v) is 8.20. The maximum atomic E-state index is 9.45. The third-order valence-electron chi connectivity index (χ3n) is 1.80. The van der Waals surface area contributed by atoms with Gasteiger partial charge in [-0.15, -0.1) is 0 Å². The van der Waals surface area contributed by atoms with Gasteiger partial charge in [0.15, 0.2) is 5.75 Å². The molecule has 0 bridgehead atoms. The Hall–Kier alpha value is -1.55. The van der Waals surface area contributed by atoms with Crippen LogP contribution in [0.1, 0.15) is 5.56 Å². The molecule has 1 N–H and O–H groups in total. The molecular weight excluding hydrogens is 198 g/mol. The first-order valence-electron chi connectivity index (χ1n) is 4.15. The highest BCUT2D eigenvalue weighted by atomic mass is 32.1. The molecule has 14 heavy (non-hydrogen) atoms. The number of hydrogen-bond donors (Lipinski definition) is 1. The van der Waals surface area contributed by atoms with Crippen molar-refractivity contribution in [2.75, 3.05) is 0 Å². The minimum Gasteiger partial charge on any atom is -0.508 e. The van der Waals surface area contributed by atoms with Crippen LogP contribution in [0.25, 0.3) is 0 Å². The lowest BCUT2D eigenvalue weighted by molar-refractivity contribution is 0.300. The molecule has 0 spiro atoms. The van der Waals surface area contributed by atoms with E-state index in [0.29, 0.717) is 6.61 Å². The molecule has 1 aromatic carbocycles. The van der Waals surface area contributed by atoms with Crippen molar-refractivity contribution in [2.24, 2.45) is 0 Å². The Morgan fingerprint density at radius 2 is 2.21 bits per heavy atom. The number of aromatic nitrogens is 1. The van der Waals surface area contributed by atoms with Crippen molar-refractivity contribution >= 4 is 11.5 Å². The summed E-state index contributed by atoms with van der Waals surface area (Å²) < 4.78 is 9.31. The van der Waals surface area contributed by atoms with E-state index < -0.39 is 0 Å². The van der Waals surface area contributed by atoms with Gasteiger partial charge in [0, 0.05) is 5.56 Å². The number of rotatable bonds is 3. The topological polar surface area (TPSA) is 42.4 Å². The van der Waals surface area contributed by atoms with Crippen LogP contribution in [-0.2, 0) is 6.61 Å². The summed E-state index contributed by atoms with van der Waals surface area (Å²) in [4.78, 5) is 0. The van der Waals surface area contributed by atoms with E-state index in [9.17, 15) is 5.11 Å². The van der Waals surface area contributed by atoms with E-state index in [1.165, 1.54) is 11.5 Å². The van der Waals surface area contributed by atoms with Gasteiger partial charge >= 0.3 is 0 Å². The summed E-state index contributed by atoms with van der Waals surface area (Å²) in [6.07, 6.45) is 1.66. The first-order valence-corrected chi connectivity index (χ1v) is 4.99. The summed E-state index contributed by atoms with van der Waals surface area (Å²) in [5.74, 6) is 0.994. The monoisotopic (exact) mass is 207 g/mol. The molecule has 0 radical (unpaired) electrons. The summed E-state index contributed by atoms with van der Waals surface area (Å²) in [6.45, 7) is 0.366. The minimum atomic E-state index is 0.260. The summed E-state index contributed by atoms with van der Waals surface area (Å²) in [6, 6.07) is 7.12. The van der Waals surface area contributed by atoms with Crippen LogP contribution in [0, 0.1) is 0 Å². The van der Waals surface area contributed by atoms with Gasteiger partial charge in [0.25, 0.3) is 0 Å². The number of para-hydroxylation sites is 1. The van der Waals surface area contributed by atoms with Crippen LogP contribution >= 0.6 is 11.5 Å². The molecule has 2 aromatic rings. The standard InChI is InChI=1S/C10H9NO2S/c12-10-4-2-1-3-8(10)6-13-9-5-11-14-7-9/h1-5,7,12H,6H2. The number of aromatic hydroxyl groups is 1. The van der Waals surface area contributed by atoms with Crippen molar-refractivity contribution < 1.29 is 9.84 Å². The average molecular weight is 207 g/mol. The molecule has 0 fully saturated rings. The van der Waals surface area contributed by atoms with Gasteiger partial charge in [0.2, 0.25) is 0 Å². The lowest BCUT2D eigenvalue weighted by Crippen LogP contribution is -1.94. The van der Waals surface area contributed by atoms with Crippen LogP contribution in [0.3, 0.4) is 0 Å². The average Bonchev–Trinajstić information content (AvgIpc) is 2.69. The fourth-order valence-corrected chi connectivity index (χ4v) is 1.52. The number of ether oxygens (including phenoxy) is 1. The molecule has 0 saturated carbocycles. The van der Waals surface area contributed by atoms with Crippen molar-refractivity contribution in [2.45, 2.75) is 6.61 Å². The third-order valence-corrected chi connectivity index (χ3v) is 2.36. The highest BCUT2D eigenvalue weighted by Crippen LogP contribution is 2.19. The Morgan fingerprint density at radius 1 is 1.36 bits per heavy atom. The lowest BCUT2D eigenvalue weighted by atomic mass is 10.2. The minimum absolute atomic E-state index is 0.260. The molecule has 4 heteroatoms. The summed E-state index contributed by atoms with van der Waals surface area (Å²) >= 11 is 1.34. The molecule has 0 atom stereocenters. The molecule has 0 aliphatic heterocycles. The molecule has 3 nitrogen and oxygen atoms in total. The Balaban J connectivity index is 2.02. The zero-order chi connectivity index (χ0) is 9.80. The highest BCUT2D eigenvalue weighted by Gasteiger charge is 2.00. The van der Waals surface area contributed by atoms with Gasteiger partial charge in [0.1, 0.15) is 12.4 Å². The summed E-state index contributed by atoms with van der Waals surface area (Å²) in [7, 11) is 0. The van der Waals surface area contributed by atoms with Crippen molar-refractivity contribution in [3.05, 3.63) is 41.4 Å². The summed E-state index contributed by atoms with van der Waals surface area (Å²) in [5, 5.41) is 11.3. The number of hydrogen-bond acceptors (Lipinski definition) is 4. The zero-order valence-electron chi connectivity index (χ0n) is 7.38. The van der Waals surface area contributed by atoms with Crippen molar-refractivity contribution in [3.63, 3.8) is 0 Å². The van der Waals surface area contributed by atoms with Crippen LogP contribution in [0.2, 0.25) is 0 Å². The van der Waals surface area contributed by atoms with Gasteiger partial charge in [-0.25, -0.2) is 0 Å². The second-order valence-electron chi connectivity index (χ2n) is 2.78. The fourth-order valence-electron chi connectivity index (χ4n) is 1.06. The fraction of sp³-hybridized carbons (Fsp3) is 0.100. The number of nitrogens with zero attached hydrogens (tertiary/aromatic N) is 1. The molecule has 1 aromatic heterocycles. The van der Waals surface area contributed by atoms with Crippen LogP contribution < -0.4 is 4.74 Å². The van der Waals surface area contributed by atoms with Crippen LogP contribution in [0.5, 0.6) is 11.5 Å². The van der Waals surface area contributed by atoms with Crippen LogP contribution in [-0.4, -0.2) is 9.48 Å². The maximum Gasteiger partial charge on any atom is 0.150 e. The highest BCUT2D eigenvalue weighted by molar-refractivity contribution is 7.03. The molecule has 2 rings (SSSR count). The van der Waals surface area contributed by atoms with Crippen LogP contribution in [0.4, 0.5) is 0 Å². The van der Waals surface area contributed by atoms with Crippen LogP contribution in [0.15, 0.2) is 35.8 Å². The third kappa shape index (κ3) is 2.03. The molecule has 0 saturated heterocycles. The largest absolute Gasteiger partial charge is 0.508 e. The number of phenolic OH excluding ortho intramolecular Hbond substituents is 1. The molecule has 0 amide bonds. The van der Waals surface area contributed by atoms with Crippen molar-refractivity contribution in [1.29, 1.82) is 0 Å². The smallest absolute Gasteiger partial charge is 0.150 e. The van der Waals surface area contributed by atoms with Gasteiger partial charge in [-0.1, -0.05) is 18.2 Å². The van der Waals surface area contributed by atoms with E-state index in [-0.39, 0.29) is 5.75 Å². The molecule has 1 heterocycles. The van der Waals surface area contributed by atoms with Gasteiger partial charge in [-0.2, -0.15) is 4.37 Å². The molecule has 0 aliphatic carbocycles. The van der Waals surface area contributed by atoms with E-state index in [0.717, 1.165) is 11.3 Å². The van der Waals surface area contributed by atoms with Crippen molar-refractivity contribution in [1.82, 2.24) is 4.37 Å². The molecular formula is C10H9NO2S. The second kappa shape index (κ2) is 4.11. The van der Waals surface area contributed by atoms with Gasteiger partial charge in [0.05, 0.1) is 11.6 Å². The van der Waals surface area contributed by atoms with Gasteiger partial charge < -0.3 is 9.84 Å². The van der Waals surface area contributed by atoms with E-state index in [1.54, 1.807) is 18.3 Å². The maximum absolute atomic E-state index is 9.45. The summed E-state index contributed by atoms with van der Waals surface area (Å²) in [5.41, 5.74) is 0.777. The predicted octanol–water partition coefficient (Wildman–Crippen LogP) is 2.43. The van der Waals surface area contributed by atoms with E-state index in [4.69, 9.17) is 4.74 Å². The lowest BCUT2D eigenvalue weighted by Gasteiger charge is -2.04. The van der Waals surface area contributed by atoms with Gasteiger partial charge in [-0.3, -0.25) is 0 Å². The molecule has 0 unspecified atom stereocenters. The number of benzene rings is 1. The quantitative estimate of drug-likeness (QED) is 0.840. The first kappa shape index (κ1) is 9.02. The second-order valence-corrected chi connectivity index (χ2v) is 3.43. The van der Waals surface area contributed by atoms with E-state index in [1.807, 2.05) is 17.5 Å². The van der Waals surface area contributed by atoms with Gasteiger partial charge in [-0.05, 0) is 17.6 Å². The Labute approximate surface area is 85.8 Å². The first-order chi connectivity index (χ1) is 6.86. The van der Waals surface area contributed by atoms with Crippen molar-refractivity contribution in [3.8, 4) is 11.5 Å². The SMILES string of the molecule is Oc1ccccc1COc1cnsc1. The number of phenols is 1. The van der Waals surface area contributed by atoms with E-state index in [2.05, 4.69) is 4.37 Å².